The number of fused-ring (bicyclic) bond motifs is 1. The molecule has 0 fully saturated rings. The summed E-state index contributed by atoms with van der Waals surface area (Å²) in [6.07, 6.45) is 2.55. The van der Waals surface area contributed by atoms with Crippen molar-refractivity contribution in [2.24, 2.45) is 7.05 Å². The summed E-state index contributed by atoms with van der Waals surface area (Å²) in [6, 6.07) is 6.02. The van der Waals surface area contributed by atoms with Crippen LogP contribution < -0.4 is 5.32 Å². The van der Waals surface area contributed by atoms with Crippen LogP contribution in [0.3, 0.4) is 0 Å². The number of aromatic nitrogens is 4. The lowest BCUT2D eigenvalue weighted by Gasteiger charge is -2.09. The van der Waals surface area contributed by atoms with E-state index in [9.17, 15) is 22.8 Å². The van der Waals surface area contributed by atoms with Crippen LogP contribution in [0.4, 0.5) is 18.9 Å². The van der Waals surface area contributed by atoms with E-state index in [4.69, 9.17) is 0 Å². The summed E-state index contributed by atoms with van der Waals surface area (Å²) in [5.41, 5.74) is 0.867. The largest absolute Gasteiger partial charge is 0.416 e. The molecule has 0 saturated heterocycles. The summed E-state index contributed by atoms with van der Waals surface area (Å²) in [7, 11) is 1.76. The number of alkyl halides is 3. The predicted molar refractivity (Wildman–Crippen MR) is 110 cm³/mol. The number of hydrogen-bond acceptors (Lipinski definition) is 5. The number of ketones is 1. The first-order chi connectivity index (χ1) is 15.2. The van der Waals surface area contributed by atoms with E-state index in [1.807, 2.05) is 0 Å². The summed E-state index contributed by atoms with van der Waals surface area (Å²) in [4.78, 5) is 37.5. The molecule has 0 radical (unpaired) electrons. The van der Waals surface area contributed by atoms with Gasteiger partial charge in [-0.05, 0) is 17.7 Å². The van der Waals surface area contributed by atoms with Gasteiger partial charge >= 0.3 is 6.18 Å². The predicted octanol–water partition coefficient (Wildman–Crippen LogP) is 3.79. The molecule has 0 unspecified atom stereocenters. The van der Waals surface area contributed by atoms with Crippen LogP contribution in [0.15, 0.2) is 61.4 Å². The zero-order valence-corrected chi connectivity index (χ0v) is 16.7. The molecule has 32 heavy (non-hydrogen) atoms. The zero-order valence-electron chi connectivity index (χ0n) is 16.7. The number of rotatable bonds is 5. The molecule has 1 aromatic carbocycles. The number of benzene rings is 1. The van der Waals surface area contributed by atoms with Gasteiger partial charge in [0.15, 0.2) is 5.78 Å². The van der Waals surface area contributed by atoms with Crippen molar-refractivity contribution in [1.82, 2.24) is 19.5 Å². The Bertz CT molecular complexity index is 1330. The van der Waals surface area contributed by atoms with Crippen LogP contribution >= 0.6 is 0 Å². The van der Waals surface area contributed by atoms with Gasteiger partial charge in [-0.1, -0.05) is 18.2 Å². The first-order valence-corrected chi connectivity index (χ1v) is 9.43. The van der Waals surface area contributed by atoms with E-state index in [1.54, 1.807) is 24.0 Å². The number of nitrogens with zero attached hydrogens (tertiary/aromatic N) is 4. The second kappa shape index (κ2) is 8.22. The van der Waals surface area contributed by atoms with Crippen molar-refractivity contribution >= 4 is 28.4 Å². The van der Waals surface area contributed by atoms with E-state index >= 15 is 0 Å². The number of carbonyl (C=O) groups excluding carboxylic acids is 2. The third kappa shape index (κ3) is 4.34. The molecule has 0 bridgehead atoms. The summed E-state index contributed by atoms with van der Waals surface area (Å²) in [6.45, 7) is 0. The minimum Gasteiger partial charge on any atom is -0.335 e. The molecule has 3 heterocycles. The number of nitrogens with one attached hydrogen (secondary N) is 1. The Hall–Kier alpha value is -4.08. The van der Waals surface area contributed by atoms with Crippen molar-refractivity contribution in [3.05, 3.63) is 83.7 Å². The van der Waals surface area contributed by atoms with E-state index in [-0.39, 0.29) is 29.0 Å². The zero-order chi connectivity index (χ0) is 22.9. The topological polar surface area (TPSA) is 89.8 Å². The number of carbonyl (C=O) groups is 2. The van der Waals surface area contributed by atoms with Gasteiger partial charge in [-0.3, -0.25) is 14.6 Å². The Morgan fingerprint density at radius 2 is 1.91 bits per heavy atom. The molecule has 7 nitrogen and oxygen atoms in total. The van der Waals surface area contributed by atoms with Gasteiger partial charge in [0.1, 0.15) is 12.0 Å². The van der Waals surface area contributed by atoms with E-state index in [2.05, 4.69) is 20.3 Å². The normalized spacial score (nSPS) is 11.5. The highest BCUT2D eigenvalue weighted by Crippen LogP contribution is 2.29. The fourth-order valence-corrected chi connectivity index (χ4v) is 3.34. The molecular formula is C22H16F3N5O2. The molecule has 10 heteroatoms. The van der Waals surface area contributed by atoms with Crippen LogP contribution in [-0.4, -0.2) is 31.2 Å². The van der Waals surface area contributed by atoms with Crippen LogP contribution in [0.5, 0.6) is 0 Å². The van der Waals surface area contributed by atoms with E-state index < -0.39 is 17.6 Å². The molecule has 4 aromatic rings. The standard InChI is InChI=1S/C22H16F3N5O2/c1-30-11-18(17-10-27-12-28-21(17)30)20(32)14-7-16(9-26-8-14)29-19(31)6-13-3-2-4-15(5-13)22(23,24)25/h2-5,7-12H,6H2,1H3,(H,29,31). The van der Waals surface area contributed by atoms with Gasteiger partial charge in [0.2, 0.25) is 5.91 Å². The Morgan fingerprint density at radius 1 is 1.09 bits per heavy atom. The minimum absolute atomic E-state index is 0.216. The number of pyridine rings is 1. The summed E-state index contributed by atoms with van der Waals surface area (Å²) in [5.74, 6) is -0.860. The summed E-state index contributed by atoms with van der Waals surface area (Å²) < 4.78 is 40.3. The van der Waals surface area contributed by atoms with Gasteiger partial charge in [0, 0.05) is 36.6 Å². The van der Waals surface area contributed by atoms with Crippen LogP contribution in [0.1, 0.15) is 27.0 Å². The van der Waals surface area contributed by atoms with Gasteiger partial charge in [-0.2, -0.15) is 13.2 Å². The molecule has 1 amide bonds. The molecule has 1 N–H and O–H groups in total. The van der Waals surface area contributed by atoms with E-state index in [0.717, 1.165) is 12.1 Å². The first-order valence-electron chi connectivity index (χ1n) is 9.43. The lowest BCUT2D eigenvalue weighted by molar-refractivity contribution is -0.137. The number of anilines is 1. The quantitative estimate of drug-likeness (QED) is 0.478. The van der Waals surface area contributed by atoms with Crippen LogP contribution in [-0.2, 0) is 24.4 Å². The van der Waals surface area contributed by atoms with Gasteiger partial charge in [0.25, 0.3) is 0 Å². The van der Waals surface area contributed by atoms with Gasteiger partial charge in [-0.25, -0.2) is 9.97 Å². The Kier molecular flexibility index (Phi) is 5.43. The summed E-state index contributed by atoms with van der Waals surface area (Å²) >= 11 is 0. The first kappa shape index (κ1) is 21.2. The number of hydrogen-bond donors (Lipinski definition) is 1. The number of halogens is 3. The molecule has 0 aliphatic carbocycles. The summed E-state index contributed by atoms with van der Waals surface area (Å²) in [5, 5.41) is 3.16. The van der Waals surface area contributed by atoms with Gasteiger partial charge in [-0.15, -0.1) is 0 Å². The highest BCUT2D eigenvalue weighted by Gasteiger charge is 2.30. The molecule has 162 valence electrons. The third-order valence-corrected chi connectivity index (χ3v) is 4.79. The van der Waals surface area contributed by atoms with Crippen molar-refractivity contribution in [3.63, 3.8) is 0 Å². The second-order valence-corrected chi connectivity index (χ2v) is 7.13. The molecule has 3 aromatic heterocycles. The molecule has 0 aliphatic rings. The minimum atomic E-state index is -4.49. The monoisotopic (exact) mass is 439 g/mol. The van der Waals surface area contributed by atoms with Crippen LogP contribution in [0.2, 0.25) is 0 Å². The fourth-order valence-electron chi connectivity index (χ4n) is 3.34. The van der Waals surface area contributed by atoms with Crippen molar-refractivity contribution in [3.8, 4) is 0 Å². The van der Waals surface area contributed by atoms with Gasteiger partial charge < -0.3 is 9.88 Å². The Labute approximate surface area is 179 Å². The smallest absolute Gasteiger partial charge is 0.335 e. The molecule has 0 aliphatic heterocycles. The average Bonchev–Trinajstić information content (AvgIpc) is 3.10. The van der Waals surface area contributed by atoms with Gasteiger partial charge in [0.05, 0.1) is 29.4 Å². The highest BCUT2D eigenvalue weighted by molar-refractivity contribution is 6.16. The second-order valence-electron chi connectivity index (χ2n) is 7.13. The van der Waals surface area contributed by atoms with E-state index in [0.29, 0.717) is 16.6 Å². The van der Waals surface area contributed by atoms with Crippen LogP contribution in [0.25, 0.3) is 11.0 Å². The SMILES string of the molecule is Cn1cc(C(=O)c2cncc(NC(=O)Cc3cccc(C(F)(F)F)c3)c2)c2cncnc21. The third-order valence-electron chi connectivity index (χ3n) is 4.79. The highest BCUT2D eigenvalue weighted by atomic mass is 19.4. The fraction of sp³-hybridized carbons (Fsp3) is 0.136. The lowest BCUT2D eigenvalue weighted by atomic mass is 10.1. The maximum Gasteiger partial charge on any atom is 0.416 e. The molecular weight excluding hydrogens is 423 g/mol. The number of aryl methyl sites for hydroxylation is 1. The average molecular weight is 439 g/mol. The van der Waals surface area contributed by atoms with Crippen molar-refractivity contribution < 1.29 is 22.8 Å². The van der Waals surface area contributed by atoms with Crippen molar-refractivity contribution in [2.75, 3.05) is 5.32 Å². The Morgan fingerprint density at radius 3 is 2.69 bits per heavy atom. The maximum atomic E-state index is 13.0. The lowest BCUT2D eigenvalue weighted by Crippen LogP contribution is -2.16. The maximum absolute atomic E-state index is 13.0. The van der Waals surface area contributed by atoms with Crippen molar-refractivity contribution in [2.45, 2.75) is 12.6 Å². The molecule has 0 atom stereocenters. The molecule has 0 saturated carbocycles. The van der Waals surface area contributed by atoms with E-state index in [1.165, 1.54) is 36.9 Å². The van der Waals surface area contributed by atoms with Crippen molar-refractivity contribution in [1.29, 1.82) is 0 Å². The number of amides is 1. The molecule has 0 spiro atoms. The molecule has 4 rings (SSSR count). The van der Waals surface area contributed by atoms with Crippen LogP contribution in [0, 0.1) is 0 Å². The Balaban J connectivity index is 1.52.